The molecule has 1 aromatic heterocycles. The first-order valence-electron chi connectivity index (χ1n) is 10.6. The fourth-order valence-corrected chi connectivity index (χ4v) is 3.94. The number of aryl methyl sites for hydroxylation is 1. The first kappa shape index (κ1) is 20.9. The number of hydrogen-bond acceptors (Lipinski definition) is 4. The Labute approximate surface area is 181 Å². The normalized spacial score (nSPS) is 16.2. The second kappa shape index (κ2) is 9.64. The van der Waals surface area contributed by atoms with Crippen molar-refractivity contribution < 1.29 is 13.9 Å². The number of nitrogens with zero attached hydrogens (tertiary/aromatic N) is 2. The zero-order chi connectivity index (χ0) is 21.6. The van der Waals surface area contributed by atoms with E-state index in [0.29, 0.717) is 12.8 Å². The molecule has 2 heterocycles. The van der Waals surface area contributed by atoms with Gasteiger partial charge in [0.05, 0.1) is 12.8 Å². The van der Waals surface area contributed by atoms with Crippen LogP contribution in [0, 0.1) is 5.82 Å². The minimum Gasteiger partial charge on any atom is -0.497 e. The van der Waals surface area contributed by atoms with Crippen molar-refractivity contribution in [2.75, 3.05) is 25.1 Å². The summed E-state index contributed by atoms with van der Waals surface area (Å²) in [6.07, 6.45) is 3.07. The molecule has 1 atom stereocenters. The summed E-state index contributed by atoms with van der Waals surface area (Å²) in [5.41, 5.74) is 2.82. The molecular weight excluding hydrogens is 395 g/mol. The molecule has 0 spiro atoms. The van der Waals surface area contributed by atoms with Crippen LogP contribution in [0.4, 0.5) is 10.2 Å². The summed E-state index contributed by atoms with van der Waals surface area (Å²) in [5.74, 6) is 1.45. The molecule has 7 heteroatoms. The molecular formula is C24H27FN4O2. The molecule has 3 aromatic rings. The van der Waals surface area contributed by atoms with Crippen LogP contribution in [0.2, 0.25) is 0 Å². The maximum atomic E-state index is 13.2. The Kier molecular flexibility index (Phi) is 6.50. The van der Waals surface area contributed by atoms with Gasteiger partial charge in [-0.2, -0.15) is 5.10 Å². The van der Waals surface area contributed by atoms with E-state index in [0.717, 1.165) is 54.3 Å². The van der Waals surface area contributed by atoms with Crippen LogP contribution in [0.1, 0.15) is 24.8 Å². The third-order valence-corrected chi connectivity index (χ3v) is 5.60. The summed E-state index contributed by atoms with van der Waals surface area (Å²) >= 11 is 0. The molecule has 2 N–H and O–H groups in total. The van der Waals surface area contributed by atoms with E-state index >= 15 is 0 Å². The average Bonchev–Trinajstić information content (AvgIpc) is 3.29. The molecule has 0 aliphatic carbocycles. The number of nitrogens with one attached hydrogen (secondary N) is 2. The molecule has 0 saturated carbocycles. The number of carbonyl (C=O) groups is 1. The molecule has 2 aromatic carbocycles. The maximum Gasteiger partial charge on any atom is 0.220 e. The number of carbonyl (C=O) groups excluding carboxylic acids is 1. The van der Waals surface area contributed by atoms with Crippen LogP contribution < -0.4 is 15.0 Å². The van der Waals surface area contributed by atoms with Gasteiger partial charge in [0.25, 0.3) is 0 Å². The van der Waals surface area contributed by atoms with E-state index in [4.69, 9.17) is 4.74 Å². The van der Waals surface area contributed by atoms with E-state index in [9.17, 15) is 9.18 Å². The lowest BCUT2D eigenvalue weighted by Crippen LogP contribution is -2.48. The molecule has 162 valence electrons. The number of piperidine rings is 1. The van der Waals surface area contributed by atoms with Gasteiger partial charge in [-0.05, 0) is 66.8 Å². The Morgan fingerprint density at radius 2 is 2.10 bits per heavy atom. The number of H-pyrrole nitrogens is 1. The van der Waals surface area contributed by atoms with Gasteiger partial charge in [0.2, 0.25) is 5.91 Å². The SMILES string of the molecule is COc1cccc(CCC(=O)N[C@H]2CCCN(c3cc(-c4ccc(F)cc4)[nH]n3)C2)c1. The van der Waals surface area contributed by atoms with Gasteiger partial charge in [-0.25, -0.2) is 4.39 Å². The molecule has 1 aliphatic rings. The molecule has 0 bridgehead atoms. The lowest BCUT2D eigenvalue weighted by molar-refractivity contribution is -0.121. The molecule has 31 heavy (non-hydrogen) atoms. The van der Waals surface area contributed by atoms with Crippen molar-refractivity contribution in [3.05, 3.63) is 66.0 Å². The predicted molar refractivity (Wildman–Crippen MR) is 119 cm³/mol. The van der Waals surface area contributed by atoms with Crippen molar-refractivity contribution in [3.8, 4) is 17.0 Å². The van der Waals surface area contributed by atoms with Gasteiger partial charge >= 0.3 is 0 Å². The first-order valence-corrected chi connectivity index (χ1v) is 10.6. The van der Waals surface area contributed by atoms with Crippen LogP contribution in [-0.4, -0.2) is 42.3 Å². The Morgan fingerprint density at radius 3 is 2.90 bits per heavy atom. The van der Waals surface area contributed by atoms with Gasteiger partial charge in [-0.3, -0.25) is 9.89 Å². The van der Waals surface area contributed by atoms with E-state index in [2.05, 4.69) is 20.4 Å². The zero-order valence-corrected chi connectivity index (χ0v) is 17.6. The van der Waals surface area contributed by atoms with Crippen molar-refractivity contribution in [2.45, 2.75) is 31.7 Å². The molecule has 1 amide bonds. The summed E-state index contributed by atoms with van der Waals surface area (Å²) in [5, 5.41) is 10.6. The van der Waals surface area contributed by atoms with Crippen LogP contribution in [0.5, 0.6) is 5.75 Å². The molecule has 1 fully saturated rings. The summed E-state index contributed by atoms with van der Waals surface area (Å²) in [6.45, 7) is 1.61. The topological polar surface area (TPSA) is 70.2 Å². The largest absolute Gasteiger partial charge is 0.497 e. The molecule has 1 saturated heterocycles. The average molecular weight is 423 g/mol. The van der Waals surface area contributed by atoms with Crippen LogP contribution in [0.25, 0.3) is 11.3 Å². The van der Waals surface area contributed by atoms with Crippen LogP contribution in [0.15, 0.2) is 54.6 Å². The van der Waals surface area contributed by atoms with E-state index in [1.54, 1.807) is 19.2 Å². The Balaban J connectivity index is 1.31. The number of halogens is 1. The van der Waals surface area contributed by atoms with Crippen LogP contribution in [-0.2, 0) is 11.2 Å². The van der Waals surface area contributed by atoms with E-state index in [-0.39, 0.29) is 17.8 Å². The highest BCUT2D eigenvalue weighted by molar-refractivity contribution is 5.76. The Morgan fingerprint density at radius 1 is 1.26 bits per heavy atom. The van der Waals surface area contributed by atoms with Gasteiger partial charge in [0, 0.05) is 31.6 Å². The van der Waals surface area contributed by atoms with Crippen LogP contribution in [0.3, 0.4) is 0 Å². The van der Waals surface area contributed by atoms with Gasteiger partial charge in [0.15, 0.2) is 5.82 Å². The van der Waals surface area contributed by atoms with Gasteiger partial charge in [0.1, 0.15) is 11.6 Å². The van der Waals surface area contributed by atoms with E-state index < -0.39 is 0 Å². The van der Waals surface area contributed by atoms with Crippen LogP contribution >= 0.6 is 0 Å². The number of methoxy groups -OCH3 is 1. The molecule has 4 rings (SSSR count). The van der Waals surface area contributed by atoms with E-state index in [1.807, 2.05) is 30.3 Å². The third kappa shape index (κ3) is 5.42. The van der Waals surface area contributed by atoms with Crippen molar-refractivity contribution in [2.24, 2.45) is 0 Å². The highest BCUT2D eigenvalue weighted by Crippen LogP contribution is 2.24. The molecule has 0 radical (unpaired) electrons. The quantitative estimate of drug-likeness (QED) is 0.605. The number of rotatable bonds is 7. The van der Waals surface area contributed by atoms with Crippen molar-refractivity contribution in [1.82, 2.24) is 15.5 Å². The van der Waals surface area contributed by atoms with Crippen molar-refractivity contribution >= 4 is 11.7 Å². The number of benzene rings is 2. The second-order valence-electron chi connectivity index (χ2n) is 7.85. The molecule has 6 nitrogen and oxygen atoms in total. The number of hydrogen-bond donors (Lipinski definition) is 2. The van der Waals surface area contributed by atoms with Gasteiger partial charge in [-0.1, -0.05) is 12.1 Å². The lowest BCUT2D eigenvalue weighted by atomic mass is 10.0. The number of aromatic nitrogens is 2. The number of aromatic amines is 1. The van der Waals surface area contributed by atoms with Gasteiger partial charge < -0.3 is 15.0 Å². The fraction of sp³-hybridized carbons (Fsp3) is 0.333. The Hall–Kier alpha value is -3.35. The smallest absolute Gasteiger partial charge is 0.220 e. The lowest BCUT2D eigenvalue weighted by Gasteiger charge is -2.33. The number of anilines is 1. The number of ether oxygens (including phenoxy) is 1. The summed E-state index contributed by atoms with van der Waals surface area (Å²) in [6, 6.07) is 16.2. The summed E-state index contributed by atoms with van der Waals surface area (Å²) in [4.78, 5) is 14.7. The zero-order valence-electron chi connectivity index (χ0n) is 17.6. The standard InChI is InChI=1S/C24H27FN4O2/c1-31-21-6-2-4-17(14-21)7-12-24(30)26-20-5-3-13-29(16-20)23-15-22(27-28-23)18-8-10-19(25)11-9-18/h2,4,6,8-11,14-15,20H,3,5,7,12-13,16H2,1H3,(H,26,30)(H,27,28)/t20-/m0/s1. The minimum atomic E-state index is -0.260. The molecule has 1 aliphatic heterocycles. The fourth-order valence-electron chi connectivity index (χ4n) is 3.94. The van der Waals surface area contributed by atoms with Gasteiger partial charge in [-0.15, -0.1) is 0 Å². The highest BCUT2D eigenvalue weighted by Gasteiger charge is 2.23. The van der Waals surface area contributed by atoms with Crippen molar-refractivity contribution in [1.29, 1.82) is 0 Å². The number of amides is 1. The van der Waals surface area contributed by atoms with Crippen molar-refractivity contribution in [3.63, 3.8) is 0 Å². The third-order valence-electron chi connectivity index (χ3n) is 5.60. The van der Waals surface area contributed by atoms with E-state index in [1.165, 1.54) is 12.1 Å². The minimum absolute atomic E-state index is 0.0590. The second-order valence-corrected chi connectivity index (χ2v) is 7.85. The monoisotopic (exact) mass is 422 g/mol. The highest BCUT2D eigenvalue weighted by atomic mass is 19.1. The Bertz CT molecular complexity index is 1020. The summed E-state index contributed by atoms with van der Waals surface area (Å²) < 4.78 is 18.4. The molecule has 0 unspecified atom stereocenters. The summed E-state index contributed by atoms with van der Waals surface area (Å²) in [7, 11) is 1.64. The maximum absolute atomic E-state index is 13.2. The first-order chi connectivity index (χ1) is 15.1. The predicted octanol–water partition coefficient (Wildman–Crippen LogP) is 3.94.